The van der Waals surface area contributed by atoms with Crippen molar-refractivity contribution in [2.75, 3.05) is 27.8 Å². The van der Waals surface area contributed by atoms with Crippen molar-refractivity contribution < 1.29 is 14.3 Å². The predicted octanol–water partition coefficient (Wildman–Crippen LogP) is 3.22. The Kier molecular flexibility index (Phi) is 6.44. The molecule has 0 aliphatic heterocycles. The number of amides is 2. The minimum atomic E-state index is -0.554. The number of pyridine rings is 1. The van der Waals surface area contributed by atoms with Crippen LogP contribution in [0.15, 0.2) is 42.7 Å². The molecule has 1 N–H and O–H groups in total. The lowest BCUT2D eigenvalue weighted by atomic mass is 9.94. The smallest absolute Gasteiger partial charge is 0.317 e. The monoisotopic (exact) mass is 357 g/mol. The van der Waals surface area contributed by atoms with E-state index in [-0.39, 0.29) is 6.03 Å². The first-order valence-corrected chi connectivity index (χ1v) is 8.52. The van der Waals surface area contributed by atoms with Crippen LogP contribution in [0.1, 0.15) is 25.0 Å². The van der Waals surface area contributed by atoms with Crippen molar-refractivity contribution in [2.24, 2.45) is 0 Å². The van der Waals surface area contributed by atoms with E-state index < -0.39 is 5.54 Å². The van der Waals surface area contributed by atoms with Crippen LogP contribution >= 0.6 is 0 Å². The maximum atomic E-state index is 12.6. The fourth-order valence-electron chi connectivity index (χ4n) is 2.61. The maximum Gasteiger partial charge on any atom is 0.317 e. The first-order valence-electron chi connectivity index (χ1n) is 8.52. The summed E-state index contributed by atoms with van der Waals surface area (Å²) in [5.41, 5.74) is 1.53. The summed E-state index contributed by atoms with van der Waals surface area (Å²) < 4.78 is 10.6. The van der Waals surface area contributed by atoms with Crippen molar-refractivity contribution in [3.8, 4) is 11.5 Å². The third-order valence-electron chi connectivity index (χ3n) is 4.36. The minimum Gasteiger partial charge on any atom is -0.493 e. The Morgan fingerprint density at radius 3 is 2.38 bits per heavy atom. The van der Waals surface area contributed by atoms with Gasteiger partial charge >= 0.3 is 6.03 Å². The van der Waals surface area contributed by atoms with Gasteiger partial charge in [-0.25, -0.2) is 4.79 Å². The van der Waals surface area contributed by atoms with Gasteiger partial charge in [0.1, 0.15) is 0 Å². The van der Waals surface area contributed by atoms with Crippen molar-refractivity contribution in [2.45, 2.75) is 25.8 Å². The van der Waals surface area contributed by atoms with Crippen LogP contribution in [0, 0.1) is 0 Å². The van der Waals surface area contributed by atoms with E-state index in [4.69, 9.17) is 9.47 Å². The number of likely N-dealkylation sites (N-methyl/N-ethyl adjacent to an activating group) is 1. The minimum absolute atomic E-state index is 0.126. The van der Waals surface area contributed by atoms with E-state index in [1.54, 1.807) is 38.6 Å². The lowest BCUT2D eigenvalue weighted by Gasteiger charge is -2.30. The molecule has 0 fully saturated rings. The Bertz CT molecular complexity index is 732. The lowest BCUT2D eigenvalue weighted by molar-refractivity contribution is 0.197. The lowest BCUT2D eigenvalue weighted by Crippen LogP contribution is -2.47. The molecule has 1 aromatic heterocycles. The molecule has 0 saturated heterocycles. The normalized spacial score (nSPS) is 11.0. The van der Waals surface area contributed by atoms with Crippen molar-refractivity contribution in [1.29, 1.82) is 0 Å². The van der Waals surface area contributed by atoms with Gasteiger partial charge in [0.15, 0.2) is 11.5 Å². The molecule has 0 radical (unpaired) electrons. The zero-order valence-electron chi connectivity index (χ0n) is 16.1. The molecule has 0 unspecified atom stereocenters. The molecule has 0 bridgehead atoms. The van der Waals surface area contributed by atoms with Crippen LogP contribution in [0.2, 0.25) is 0 Å². The molecule has 0 atom stereocenters. The summed E-state index contributed by atoms with van der Waals surface area (Å²) in [5.74, 6) is 1.30. The summed E-state index contributed by atoms with van der Waals surface area (Å²) in [5, 5.41) is 3.08. The van der Waals surface area contributed by atoms with Crippen LogP contribution in [0.5, 0.6) is 11.5 Å². The second kappa shape index (κ2) is 8.56. The number of rotatable bonds is 7. The van der Waals surface area contributed by atoms with Gasteiger partial charge in [-0.15, -0.1) is 0 Å². The van der Waals surface area contributed by atoms with E-state index in [9.17, 15) is 4.79 Å². The van der Waals surface area contributed by atoms with Crippen LogP contribution < -0.4 is 14.8 Å². The number of aromatic nitrogens is 1. The largest absolute Gasteiger partial charge is 0.493 e. The van der Waals surface area contributed by atoms with Crippen molar-refractivity contribution in [3.05, 3.63) is 53.9 Å². The zero-order chi connectivity index (χ0) is 19.2. The number of methoxy groups -OCH3 is 2. The number of urea groups is 1. The van der Waals surface area contributed by atoms with Gasteiger partial charge in [0.05, 0.1) is 19.8 Å². The van der Waals surface area contributed by atoms with Crippen LogP contribution in [-0.2, 0) is 12.0 Å². The molecule has 1 aromatic carbocycles. The zero-order valence-corrected chi connectivity index (χ0v) is 16.1. The quantitative estimate of drug-likeness (QED) is 0.826. The Balaban J connectivity index is 2.02. The molecule has 140 valence electrons. The number of hydrogen-bond acceptors (Lipinski definition) is 4. The van der Waals surface area contributed by atoms with Crippen molar-refractivity contribution in [3.63, 3.8) is 0 Å². The van der Waals surface area contributed by atoms with Crippen LogP contribution in [0.3, 0.4) is 0 Å². The van der Waals surface area contributed by atoms with E-state index in [2.05, 4.69) is 10.3 Å². The van der Waals surface area contributed by atoms with Gasteiger partial charge in [-0.2, -0.15) is 0 Å². The van der Waals surface area contributed by atoms with Gasteiger partial charge in [0.2, 0.25) is 0 Å². The number of ether oxygens (including phenoxy) is 2. The van der Waals surface area contributed by atoms with Crippen molar-refractivity contribution >= 4 is 6.03 Å². The summed E-state index contributed by atoms with van der Waals surface area (Å²) in [6, 6.07) is 9.45. The number of nitrogens with zero attached hydrogens (tertiary/aromatic N) is 2. The van der Waals surface area contributed by atoms with E-state index in [1.807, 2.05) is 44.2 Å². The molecule has 26 heavy (non-hydrogen) atoms. The Hall–Kier alpha value is -2.76. The molecule has 2 rings (SSSR count). The first-order chi connectivity index (χ1) is 12.4. The van der Waals surface area contributed by atoms with Crippen LogP contribution in [0.25, 0.3) is 0 Å². The molecule has 1 heterocycles. The van der Waals surface area contributed by atoms with E-state index >= 15 is 0 Å². The Morgan fingerprint density at radius 2 is 1.77 bits per heavy atom. The molecule has 0 saturated carbocycles. The summed E-state index contributed by atoms with van der Waals surface area (Å²) in [6.45, 7) is 4.55. The summed E-state index contributed by atoms with van der Waals surface area (Å²) in [4.78, 5) is 18.3. The first kappa shape index (κ1) is 19.6. The summed E-state index contributed by atoms with van der Waals surface area (Å²) in [7, 11) is 4.99. The fraction of sp³-hybridized carbons (Fsp3) is 0.400. The number of carbonyl (C=O) groups is 1. The standard InChI is InChI=1S/C20H27N3O3/c1-20(2,16-6-7-17(25-4)18(14-16)26-5)22-19(24)23(3)13-10-15-8-11-21-12-9-15/h6-9,11-12,14H,10,13H2,1-5H3,(H,22,24). The molecule has 2 aromatic rings. The Labute approximate surface area is 155 Å². The van der Waals surface area contributed by atoms with Gasteiger partial charge in [0.25, 0.3) is 0 Å². The number of hydrogen-bond donors (Lipinski definition) is 1. The van der Waals surface area contributed by atoms with Gasteiger partial charge in [-0.05, 0) is 55.7 Å². The summed E-state index contributed by atoms with van der Waals surface area (Å²) >= 11 is 0. The fourth-order valence-corrected chi connectivity index (χ4v) is 2.61. The highest BCUT2D eigenvalue weighted by atomic mass is 16.5. The highest BCUT2D eigenvalue weighted by molar-refractivity contribution is 5.75. The predicted molar refractivity (Wildman–Crippen MR) is 102 cm³/mol. The molecule has 2 amide bonds. The van der Waals surface area contributed by atoms with Crippen molar-refractivity contribution in [1.82, 2.24) is 15.2 Å². The maximum absolute atomic E-state index is 12.6. The van der Waals surface area contributed by atoms with Crippen LogP contribution in [0.4, 0.5) is 4.79 Å². The molecule has 0 aliphatic carbocycles. The average Bonchev–Trinajstić information content (AvgIpc) is 2.65. The topological polar surface area (TPSA) is 63.7 Å². The second-order valence-corrected chi connectivity index (χ2v) is 6.65. The number of carbonyl (C=O) groups excluding carboxylic acids is 1. The molecule has 6 nitrogen and oxygen atoms in total. The van der Waals surface area contributed by atoms with Gasteiger partial charge in [-0.3, -0.25) is 4.98 Å². The third-order valence-corrected chi connectivity index (χ3v) is 4.36. The van der Waals surface area contributed by atoms with E-state index in [0.717, 1.165) is 17.5 Å². The Morgan fingerprint density at radius 1 is 1.12 bits per heavy atom. The number of nitrogens with one attached hydrogen (secondary N) is 1. The third kappa shape index (κ3) is 4.88. The second-order valence-electron chi connectivity index (χ2n) is 6.65. The highest BCUT2D eigenvalue weighted by Gasteiger charge is 2.25. The SMILES string of the molecule is COc1ccc(C(C)(C)NC(=O)N(C)CCc2ccncc2)cc1OC. The molecule has 0 spiro atoms. The van der Waals surface area contributed by atoms with Gasteiger partial charge in [-0.1, -0.05) is 6.07 Å². The average molecular weight is 357 g/mol. The van der Waals surface area contributed by atoms with E-state index in [1.165, 1.54) is 0 Å². The molecule has 6 heteroatoms. The molecular weight excluding hydrogens is 330 g/mol. The van der Waals surface area contributed by atoms with Gasteiger partial charge < -0.3 is 19.7 Å². The summed E-state index contributed by atoms with van der Waals surface area (Å²) in [6.07, 6.45) is 4.30. The molecule has 0 aliphatic rings. The van der Waals surface area contributed by atoms with Crippen LogP contribution in [-0.4, -0.2) is 43.7 Å². The number of benzene rings is 1. The van der Waals surface area contributed by atoms with Gasteiger partial charge in [0, 0.05) is 26.0 Å². The highest BCUT2D eigenvalue weighted by Crippen LogP contribution is 2.32. The van der Waals surface area contributed by atoms with E-state index in [0.29, 0.717) is 18.0 Å². The molecular formula is C20H27N3O3.